The van der Waals surface area contributed by atoms with Gasteiger partial charge in [-0.15, -0.1) is 0 Å². The van der Waals surface area contributed by atoms with Crippen molar-refractivity contribution in [1.29, 1.82) is 0 Å². The van der Waals surface area contributed by atoms with Gasteiger partial charge in [-0.3, -0.25) is 14.5 Å². The van der Waals surface area contributed by atoms with E-state index in [0.29, 0.717) is 11.1 Å². The molecule has 0 saturated heterocycles. The molecular formula is C26H23FN2O2. The second-order valence-electron chi connectivity index (χ2n) is 7.89. The SMILES string of the molecule is Cc1cccc(NC2=C(c3ccc(C)cc3C)C(=O)N(Cc3ccc(F)cc3)C2=O)c1. The number of carbonyl (C=O) groups excluding carboxylic acids is 2. The first-order chi connectivity index (χ1) is 14.8. The Morgan fingerprint density at radius 1 is 0.839 bits per heavy atom. The Morgan fingerprint density at radius 3 is 2.23 bits per heavy atom. The molecule has 1 aliphatic rings. The second-order valence-corrected chi connectivity index (χ2v) is 7.89. The lowest BCUT2D eigenvalue weighted by Crippen LogP contribution is -2.32. The Bertz CT molecular complexity index is 1210. The molecule has 0 aromatic heterocycles. The van der Waals surface area contributed by atoms with Crippen LogP contribution in [0.3, 0.4) is 0 Å². The Morgan fingerprint density at radius 2 is 1.55 bits per heavy atom. The van der Waals surface area contributed by atoms with E-state index in [9.17, 15) is 14.0 Å². The number of hydrogen-bond donors (Lipinski definition) is 1. The molecule has 3 aromatic carbocycles. The molecule has 2 amide bonds. The molecule has 0 spiro atoms. The number of carbonyl (C=O) groups is 2. The molecule has 5 heteroatoms. The Balaban J connectivity index is 1.77. The van der Waals surface area contributed by atoms with E-state index >= 15 is 0 Å². The van der Waals surface area contributed by atoms with Crippen LogP contribution >= 0.6 is 0 Å². The maximum Gasteiger partial charge on any atom is 0.278 e. The molecule has 0 unspecified atom stereocenters. The van der Waals surface area contributed by atoms with Gasteiger partial charge in [0.05, 0.1) is 12.1 Å². The van der Waals surface area contributed by atoms with Gasteiger partial charge in [0.15, 0.2) is 0 Å². The normalized spacial score (nSPS) is 13.9. The number of anilines is 1. The molecule has 4 rings (SSSR count). The number of rotatable bonds is 5. The van der Waals surface area contributed by atoms with Gasteiger partial charge in [0.1, 0.15) is 11.5 Å². The molecule has 1 N–H and O–H groups in total. The quantitative estimate of drug-likeness (QED) is 0.588. The van der Waals surface area contributed by atoms with Crippen molar-refractivity contribution in [1.82, 2.24) is 4.90 Å². The van der Waals surface area contributed by atoms with Crippen molar-refractivity contribution >= 4 is 23.1 Å². The Hall–Kier alpha value is -3.73. The van der Waals surface area contributed by atoms with Crippen LogP contribution in [0.25, 0.3) is 5.57 Å². The van der Waals surface area contributed by atoms with E-state index in [-0.39, 0.29) is 24.0 Å². The van der Waals surface area contributed by atoms with E-state index in [2.05, 4.69) is 5.32 Å². The van der Waals surface area contributed by atoms with Crippen molar-refractivity contribution in [2.45, 2.75) is 27.3 Å². The van der Waals surface area contributed by atoms with Crippen LogP contribution in [0.15, 0.2) is 72.4 Å². The maximum atomic E-state index is 13.4. The van der Waals surface area contributed by atoms with E-state index in [1.807, 2.05) is 63.2 Å². The molecular weight excluding hydrogens is 391 g/mol. The van der Waals surface area contributed by atoms with Crippen molar-refractivity contribution in [2.24, 2.45) is 0 Å². The van der Waals surface area contributed by atoms with Gasteiger partial charge in [0.25, 0.3) is 11.8 Å². The third kappa shape index (κ3) is 4.12. The predicted octanol–water partition coefficient (Wildman–Crippen LogP) is 5.14. The minimum absolute atomic E-state index is 0.0748. The highest BCUT2D eigenvalue weighted by Gasteiger charge is 2.39. The van der Waals surface area contributed by atoms with Crippen molar-refractivity contribution in [3.63, 3.8) is 0 Å². The molecule has 0 radical (unpaired) electrons. The van der Waals surface area contributed by atoms with Crippen molar-refractivity contribution in [2.75, 3.05) is 5.32 Å². The Kier molecular flexibility index (Phi) is 5.42. The summed E-state index contributed by atoms with van der Waals surface area (Å²) >= 11 is 0. The summed E-state index contributed by atoms with van der Waals surface area (Å²) in [5.41, 5.74) is 5.79. The van der Waals surface area contributed by atoms with Gasteiger partial charge < -0.3 is 5.32 Å². The average molecular weight is 414 g/mol. The molecule has 156 valence electrons. The van der Waals surface area contributed by atoms with Crippen LogP contribution in [0.1, 0.15) is 27.8 Å². The number of nitrogens with one attached hydrogen (secondary N) is 1. The third-order valence-electron chi connectivity index (χ3n) is 5.36. The number of hydrogen-bond acceptors (Lipinski definition) is 3. The van der Waals surface area contributed by atoms with E-state index in [0.717, 1.165) is 27.9 Å². The molecule has 0 saturated carbocycles. The topological polar surface area (TPSA) is 49.4 Å². The van der Waals surface area contributed by atoms with E-state index in [1.54, 1.807) is 12.1 Å². The summed E-state index contributed by atoms with van der Waals surface area (Å²) in [6.07, 6.45) is 0. The van der Waals surface area contributed by atoms with E-state index in [4.69, 9.17) is 0 Å². The molecule has 31 heavy (non-hydrogen) atoms. The zero-order valence-electron chi connectivity index (χ0n) is 17.7. The minimum Gasteiger partial charge on any atom is -0.350 e. The minimum atomic E-state index is -0.397. The fraction of sp³-hybridized carbons (Fsp3) is 0.154. The number of amides is 2. The molecule has 0 aliphatic carbocycles. The van der Waals surface area contributed by atoms with Crippen molar-refractivity contribution in [3.05, 3.63) is 106 Å². The maximum absolute atomic E-state index is 13.4. The van der Waals surface area contributed by atoms with Crippen LogP contribution in [-0.2, 0) is 16.1 Å². The zero-order valence-corrected chi connectivity index (χ0v) is 17.7. The largest absolute Gasteiger partial charge is 0.350 e. The molecule has 1 heterocycles. The van der Waals surface area contributed by atoms with Gasteiger partial charge in [-0.05, 0) is 67.3 Å². The second kappa shape index (κ2) is 8.19. The first kappa shape index (κ1) is 20.5. The first-order valence-corrected chi connectivity index (χ1v) is 10.1. The fourth-order valence-electron chi connectivity index (χ4n) is 3.82. The summed E-state index contributed by atoms with van der Waals surface area (Å²) in [7, 11) is 0. The standard InChI is InChI=1S/C26H23FN2O2/c1-16-5-4-6-21(14-16)28-24-23(22-12-7-17(2)13-18(22)3)25(30)29(26(24)31)15-19-8-10-20(27)11-9-19/h4-14,28H,15H2,1-3H3. The fourth-order valence-corrected chi connectivity index (χ4v) is 3.82. The highest BCUT2D eigenvalue weighted by molar-refractivity contribution is 6.36. The van der Waals surface area contributed by atoms with Gasteiger partial charge in [-0.25, -0.2) is 4.39 Å². The number of aryl methyl sites for hydroxylation is 3. The first-order valence-electron chi connectivity index (χ1n) is 10.1. The van der Waals surface area contributed by atoms with Gasteiger partial charge in [0.2, 0.25) is 0 Å². The summed E-state index contributed by atoms with van der Waals surface area (Å²) < 4.78 is 13.3. The van der Waals surface area contributed by atoms with Gasteiger partial charge in [-0.1, -0.05) is 48.0 Å². The van der Waals surface area contributed by atoms with Crippen LogP contribution in [0, 0.1) is 26.6 Å². The van der Waals surface area contributed by atoms with Crippen LogP contribution in [0.5, 0.6) is 0 Å². The molecule has 0 atom stereocenters. The predicted molar refractivity (Wildman–Crippen MR) is 120 cm³/mol. The van der Waals surface area contributed by atoms with Crippen molar-refractivity contribution < 1.29 is 14.0 Å². The smallest absolute Gasteiger partial charge is 0.278 e. The van der Waals surface area contributed by atoms with E-state index < -0.39 is 5.91 Å². The van der Waals surface area contributed by atoms with Crippen molar-refractivity contribution in [3.8, 4) is 0 Å². The molecule has 3 aromatic rings. The average Bonchev–Trinajstić information content (AvgIpc) is 2.94. The number of imide groups is 1. The van der Waals surface area contributed by atoms with Crippen LogP contribution in [-0.4, -0.2) is 16.7 Å². The number of halogens is 1. The van der Waals surface area contributed by atoms with Gasteiger partial charge in [-0.2, -0.15) is 0 Å². The molecule has 4 nitrogen and oxygen atoms in total. The highest BCUT2D eigenvalue weighted by atomic mass is 19.1. The zero-order chi connectivity index (χ0) is 22.1. The highest BCUT2D eigenvalue weighted by Crippen LogP contribution is 2.33. The summed E-state index contributed by atoms with van der Waals surface area (Å²) in [6, 6.07) is 19.3. The Labute approximate surface area is 181 Å². The molecule has 0 fully saturated rings. The number of benzene rings is 3. The summed E-state index contributed by atoms with van der Waals surface area (Å²) in [6.45, 7) is 5.96. The summed E-state index contributed by atoms with van der Waals surface area (Å²) in [4.78, 5) is 28.0. The lowest BCUT2D eigenvalue weighted by atomic mass is 9.97. The number of nitrogens with zero attached hydrogens (tertiary/aromatic N) is 1. The van der Waals surface area contributed by atoms with Crippen LogP contribution in [0.4, 0.5) is 10.1 Å². The lowest BCUT2D eigenvalue weighted by Gasteiger charge is -2.15. The molecule has 0 bridgehead atoms. The molecule has 1 aliphatic heterocycles. The van der Waals surface area contributed by atoms with Gasteiger partial charge >= 0.3 is 0 Å². The third-order valence-corrected chi connectivity index (χ3v) is 5.36. The monoisotopic (exact) mass is 414 g/mol. The van der Waals surface area contributed by atoms with Crippen LogP contribution < -0.4 is 5.32 Å². The summed E-state index contributed by atoms with van der Waals surface area (Å²) in [5, 5.41) is 3.18. The van der Waals surface area contributed by atoms with Crippen LogP contribution in [0.2, 0.25) is 0 Å². The lowest BCUT2D eigenvalue weighted by molar-refractivity contribution is -0.137. The van der Waals surface area contributed by atoms with E-state index in [1.165, 1.54) is 17.0 Å². The summed E-state index contributed by atoms with van der Waals surface area (Å²) in [5.74, 6) is -1.12. The van der Waals surface area contributed by atoms with Gasteiger partial charge in [0, 0.05) is 5.69 Å².